The Kier molecular flexibility index (Phi) is 5.47. The highest BCUT2D eigenvalue weighted by Gasteiger charge is 2.18. The van der Waals surface area contributed by atoms with Gasteiger partial charge < -0.3 is 10.2 Å². The Morgan fingerprint density at radius 2 is 2.21 bits per heavy atom. The summed E-state index contributed by atoms with van der Waals surface area (Å²) < 4.78 is 0. The molecule has 0 amide bonds. The molecule has 1 aliphatic heterocycles. The molecule has 1 saturated heterocycles. The fraction of sp³-hybridized carbons (Fsp3) is 0.400. The molecule has 2 aromatic rings. The van der Waals surface area contributed by atoms with Gasteiger partial charge in [0.2, 0.25) is 0 Å². The number of aliphatic imine (C=N–C) groups is 1. The van der Waals surface area contributed by atoms with Gasteiger partial charge in [-0.25, -0.2) is 0 Å². The quantitative estimate of drug-likeness (QED) is 0.694. The minimum Gasteiger partial charge on any atom is -0.352 e. The van der Waals surface area contributed by atoms with Crippen LogP contribution in [-0.4, -0.2) is 36.0 Å². The molecule has 4 nitrogen and oxygen atoms in total. The molecular weight excluding hydrogens is 296 g/mol. The van der Waals surface area contributed by atoms with E-state index in [9.17, 15) is 0 Å². The Labute approximate surface area is 144 Å². The highest BCUT2D eigenvalue weighted by Crippen LogP contribution is 2.18. The smallest absolute Gasteiger partial charge is 0.193 e. The van der Waals surface area contributed by atoms with E-state index in [0.29, 0.717) is 0 Å². The molecule has 1 aromatic carbocycles. The Morgan fingerprint density at radius 1 is 1.29 bits per heavy atom. The number of hydrogen-bond acceptors (Lipinski definition) is 2. The summed E-state index contributed by atoms with van der Waals surface area (Å²) in [6.07, 6.45) is 4.40. The van der Waals surface area contributed by atoms with E-state index in [1.165, 1.54) is 18.4 Å². The second kappa shape index (κ2) is 7.95. The molecule has 0 bridgehead atoms. The topological polar surface area (TPSA) is 40.5 Å². The second-order valence-corrected chi connectivity index (χ2v) is 6.51. The SMILES string of the molecule is CN=C(NCc1cccc(-c2ccccn2)c1)N1CCCC(C)C1. The van der Waals surface area contributed by atoms with Crippen LogP contribution in [0.3, 0.4) is 0 Å². The fourth-order valence-electron chi connectivity index (χ4n) is 3.27. The van der Waals surface area contributed by atoms with Crippen LogP contribution in [0.25, 0.3) is 11.3 Å². The minimum absolute atomic E-state index is 0.741. The van der Waals surface area contributed by atoms with Crippen LogP contribution in [0.15, 0.2) is 53.7 Å². The lowest BCUT2D eigenvalue weighted by atomic mass is 10.0. The number of benzene rings is 1. The van der Waals surface area contributed by atoms with Crippen molar-refractivity contribution in [1.29, 1.82) is 0 Å². The Hall–Kier alpha value is -2.36. The second-order valence-electron chi connectivity index (χ2n) is 6.51. The molecule has 24 heavy (non-hydrogen) atoms. The number of likely N-dealkylation sites (tertiary alicyclic amines) is 1. The molecule has 4 heteroatoms. The van der Waals surface area contributed by atoms with Gasteiger partial charge in [-0.3, -0.25) is 9.98 Å². The van der Waals surface area contributed by atoms with Crippen molar-refractivity contribution < 1.29 is 0 Å². The number of pyridine rings is 1. The van der Waals surface area contributed by atoms with Crippen molar-refractivity contribution in [3.63, 3.8) is 0 Å². The van der Waals surface area contributed by atoms with Crippen LogP contribution in [0.5, 0.6) is 0 Å². The lowest BCUT2D eigenvalue weighted by Crippen LogP contribution is -2.45. The maximum absolute atomic E-state index is 4.46. The predicted molar refractivity (Wildman–Crippen MR) is 99.8 cm³/mol. The van der Waals surface area contributed by atoms with Crippen LogP contribution in [0.1, 0.15) is 25.3 Å². The summed E-state index contributed by atoms with van der Waals surface area (Å²) in [7, 11) is 1.87. The van der Waals surface area contributed by atoms with Crippen LogP contribution < -0.4 is 5.32 Å². The largest absolute Gasteiger partial charge is 0.352 e. The number of rotatable bonds is 3. The highest BCUT2D eigenvalue weighted by atomic mass is 15.3. The van der Waals surface area contributed by atoms with Gasteiger partial charge in [0.15, 0.2) is 5.96 Å². The number of aromatic nitrogens is 1. The lowest BCUT2D eigenvalue weighted by Gasteiger charge is -2.33. The average Bonchev–Trinajstić information content (AvgIpc) is 2.63. The van der Waals surface area contributed by atoms with E-state index in [2.05, 4.69) is 51.4 Å². The molecule has 126 valence electrons. The zero-order valence-electron chi connectivity index (χ0n) is 14.6. The lowest BCUT2D eigenvalue weighted by molar-refractivity contribution is 0.266. The Balaban J connectivity index is 1.66. The molecule has 1 atom stereocenters. The summed E-state index contributed by atoms with van der Waals surface area (Å²) in [6.45, 7) is 5.28. The highest BCUT2D eigenvalue weighted by molar-refractivity contribution is 5.80. The van der Waals surface area contributed by atoms with Crippen molar-refractivity contribution in [2.45, 2.75) is 26.3 Å². The maximum atomic E-state index is 4.46. The van der Waals surface area contributed by atoms with Gasteiger partial charge in [-0.2, -0.15) is 0 Å². The van der Waals surface area contributed by atoms with Gasteiger partial charge in [0.05, 0.1) is 5.69 Å². The van der Waals surface area contributed by atoms with E-state index in [-0.39, 0.29) is 0 Å². The van der Waals surface area contributed by atoms with Gasteiger partial charge in [-0.1, -0.05) is 31.2 Å². The van der Waals surface area contributed by atoms with Gasteiger partial charge in [-0.15, -0.1) is 0 Å². The van der Waals surface area contributed by atoms with Crippen molar-refractivity contribution >= 4 is 5.96 Å². The molecular formula is C20H26N4. The standard InChI is InChI=1S/C20H26N4/c1-16-7-6-12-24(15-16)20(21-2)23-14-17-8-5-9-18(13-17)19-10-3-4-11-22-19/h3-5,8-11,13,16H,6-7,12,14-15H2,1-2H3,(H,21,23). The molecule has 1 N–H and O–H groups in total. The monoisotopic (exact) mass is 322 g/mol. The van der Waals surface area contributed by atoms with Crippen molar-refractivity contribution in [1.82, 2.24) is 15.2 Å². The molecule has 1 unspecified atom stereocenters. The van der Waals surface area contributed by atoms with Gasteiger partial charge in [-0.05, 0) is 42.5 Å². The normalized spacial score (nSPS) is 18.5. The van der Waals surface area contributed by atoms with Crippen LogP contribution in [0.4, 0.5) is 0 Å². The fourth-order valence-corrected chi connectivity index (χ4v) is 3.27. The first-order chi connectivity index (χ1) is 11.8. The van der Waals surface area contributed by atoms with Crippen molar-refractivity contribution in [2.24, 2.45) is 10.9 Å². The zero-order valence-corrected chi connectivity index (χ0v) is 14.6. The number of hydrogen-bond donors (Lipinski definition) is 1. The van der Waals surface area contributed by atoms with Gasteiger partial charge in [0, 0.05) is 38.4 Å². The number of nitrogens with zero attached hydrogens (tertiary/aromatic N) is 3. The molecule has 1 aromatic heterocycles. The van der Waals surface area contributed by atoms with Crippen LogP contribution in [0.2, 0.25) is 0 Å². The summed E-state index contributed by atoms with van der Waals surface area (Å²) in [5, 5.41) is 3.51. The summed E-state index contributed by atoms with van der Waals surface area (Å²) in [5.74, 6) is 1.74. The van der Waals surface area contributed by atoms with Crippen LogP contribution >= 0.6 is 0 Å². The molecule has 0 saturated carbocycles. The molecule has 0 aliphatic carbocycles. The number of nitrogens with one attached hydrogen (secondary N) is 1. The van der Waals surface area contributed by atoms with Gasteiger partial charge in [0.25, 0.3) is 0 Å². The van der Waals surface area contributed by atoms with Crippen molar-refractivity contribution in [2.75, 3.05) is 20.1 Å². The van der Waals surface area contributed by atoms with E-state index >= 15 is 0 Å². The predicted octanol–water partition coefficient (Wildman–Crippen LogP) is 3.56. The first-order valence-electron chi connectivity index (χ1n) is 8.72. The van der Waals surface area contributed by atoms with E-state index in [4.69, 9.17) is 0 Å². The summed E-state index contributed by atoms with van der Waals surface area (Å²) in [6, 6.07) is 14.5. The maximum Gasteiger partial charge on any atom is 0.193 e. The Morgan fingerprint density at radius 3 is 2.96 bits per heavy atom. The zero-order chi connectivity index (χ0) is 16.8. The molecule has 3 rings (SSSR count). The van der Waals surface area contributed by atoms with Gasteiger partial charge in [0.1, 0.15) is 0 Å². The third-order valence-electron chi connectivity index (χ3n) is 4.51. The number of piperidine rings is 1. The van der Waals surface area contributed by atoms with Gasteiger partial charge >= 0.3 is 0 Å². The third-order valence-corrected chi connectivity index (χ3v) is 4.51. The third kappa shape index (κ3) is 4.13. The van der Waals surface area contributed by atoms with E-state index in [1.54, 1.807) is 0 Å². The van der Waals surface area contributed by atoms with Crippen LogP contribution in [-0.2, 0) is 6.54 Å². The molecule has 2 heterocycles. The van der Waals surface area contributed by atoms with E-state index in [0.717, 1.165) is 42.8 Å². The minimum atomic E-state index is 0.741. The average molecular weight is 322 g/mol. The van der Waals surface area contributed by atoms with E-state index in [1.807, 2.05) is 31.4 Å². The molecule has 1 fully saturated rings. The molecule has 1 aliphatic rings. The summed E-state index contributed by atoms with van der Waals surface area (Å²) in [5.41, 5.74) is 3.40. The van der Waals surface area contributed by atoms with Crippen molar-refractivity contribution in [3.8, 4) is 11.3 Å². The van der Waals surface area contributed by atoms with E-state index < -0.39 is 0 Å². The summed E-state index contributed by atoms with van der Waals surface area (Å²) in [4.78, 5) is 11.3. The molecule has 0 radical (unpaired) electrons. The first kappa shape index (κ1) is 16.5. The van der Waals surface area contributed by atoms with Crippen molar-refractivity contribution in [3.05, 3.63) is 54.2 Å². The Bertz CT molecular complexity index is 681. The molecule has 0 spiro atoms. The first-order valence-corrected chi connectivity index (χ1v) is 8.72. The summed E-state index contributed by atoms with van der Waals surface area (Å²) >= 11 is 0. The van der Waals surface area contributed by atoms with Crippen LogP contribution in [0, 0.1) is 5.92 Å². The number of guanidine groups is 1.